The van der Waals surface area contributed by atoms with E-state index in [2.05, 4.69) is 55.1 Å². The number of hydrogen-bond acceptors (Lipinski definition) is 4. The van der Waals surface area contributed by atoms with Gasteiger partial charge < -0.3 is 14.6 Å². The summed E-state index contributed by atoms with van der Waals surface area (Å²) in [6, 6.07) is 27.1. The molecule has 0 aliphatic carbocycles. The van der Waals surface area contributed by atoms with Crippen LogP contribution in [0.4, 0.5) is 0 Å². The van der Waals surface area contributed by atoms with Crippen molar-refractivity contribution in [2.24, 2.45) is 0 Å². The fourth-order valence-corrected chi connectivity index (χ4v) is 2.99. The largest absolute Gasteiger partial charge is 0.494 e. The third-order valence-corrected chi connectivity index (χ3v) is 4.87. The summed E-state index contributed by atoms with van der Waals surface area (Å²) in [6.07, 6.45) is 3.67. The van der Waals surface area contributed by atoms with E-state index in [0.29, 0.717) is 24.5 Å². The third kappa shape index (κ3) is 10.2. The van der Waals surface area contributed by atoms with Crippen LogP contribution in [0.3, 0.4) is 0 Å². The lowest BCUT2D eigenvalue weighted by molar-refractivity contribution is -0.139. The van der Waals surface area contributed by atoms with E-state index in [1.807, 2.05) is 12.1 Å². The number of ether oxygens (including phenoxy) is 2. The Balaban J connectivity index is 0.000000283. The lowest BCUT2D eigenvalue weighted by atomic mass is 10.1. The molecule has 5 heteroatoms. The van der Waals surface area contributed by atoms with Gasteiger partial charge in [-0.05, 0) is 68.0 Å². The van der Waals surface area contributed by atoms with Crippen molar-refractivity contribution in [3.05, 3.63) is 103 Å². The number of hydrogen-bond donors (Lipinski definition) is 1. The molecule has 0 aliphatic heterocycles. The Bertz CT molecular complexity index is 974. The lowest BCUT2D eigenvalue weighted by Crippen LogP contribution is -2.06. The number of rotatable bonds is 11. The Morgan fingerprint density at radius 2 is 1.24 bits per heavy atom. The minimum atomic E-state index is -0.945. The van der Waals surface area contributed by atoms with E-state index in [1.165, 1.54) is 23.3 Å². The molecule has 0 spiro atoms. The summed E-state index contributed by atoms with van der Waals surface area (Å²) in [7, 11) is 0. The van der Waals surface area contributed by atoms with E-state index < -0.39 is 5.97 Å². The Morgan fingerprint density at radius 3 is 1.71 bits per heavy atom. The Morgan fingerprint density at radius 1 is 0.735 bits per heavy atom. The first-order chi connectivity index (χ1) is 16.5. The second-order valence-corrected chi connectivity index (χ2v) is 7.74. The van der Waals surface area contributed by atoms with Crippen LogP contribution >= 0.6 is 0 Å². The minimum absolute atomic E-state index is 0.247. The lowest BCUT2D eigenvalue weighted by Gasteiger charge is -2.07. The van der Waals surface area contributed by atoms with Crippen molar-refractivity contribution >= 4 is 11.9 Å². The van der Waals surface area contributed by atoms with Crippen LogP contribution in [0.1, 0.15) is 43.0 Å². The van der Waals surface area contributed by atoms with Gasteiger partial charge in [-0.2, -0.15) is 0 Å². The van der Waals surface area contributed by atoms with Gasteiger partial charge in [0.15, 0.2) is 0 Å². The van der Waals surface area contributed by atoms with Crippen LogP contribution in [0.5, 0.6) is 5.75 Å². The number of carboxylic acids is 1. The maximum Gasteiger partial charge on any atom is 0.335 e. The van der Waals surface area contributed by atoms with Gasteiger partial charge in [0.05, 0.1) is 18.8 Å². The maximum atomic E-state index is 11.1. The quantitative estimate of drug-likeness (QED) is 0.194. The second kappa shape index (κ2) is 15.1. The molecule has 34 heavy (non-hydrogen) atoms. The summed E-state index contributed by atoms with van der Waals surface area (Å²) in [5.41, 5.74) is 3.22. The zero-order valence-electron chi connectivity index (χ0n) is 19.6. The molecule has 0 amide bonds. The molecule has 0 radical (unpaired) electrons. The van der Waals surface area contributed by atoms with Gasteiger partial charge >= 0.3 is 11.9 Å². The van der Waals surface area contributed by atoms with Gasteiger partial charge in [0.25, 0.3) is 0 Å². The maximum absolute atomic E-state index is 11.1. The summed E-state index contributed by atoms with van der Waals surface area (Å²) in [4.78, 5) is 21.8. The summed E-state index contributed by atoms with van der Waals surface area (Å²) >= 11 is 0. The Hall–Kier alpha value is -3.86. The van der Waals surface area contributed by atoms with Crippen LogP contribution in [0.2, 0.25) is 0 Å². The molecular weight excluding hydrogens is 428 g/mol. The van der Waals surface area contributed by atoms with Gasteiger partial charge in [-0.1, -0.05) is 67.2 Å². The standard InChI is InChI=1S/C17H22O5.C12H10/c1-13(2)17(20)22-12-6-4-3-5-11-21-15-9-7-14(8-10-15)16(18)19;1-3-7-11(8-4-1)12-9-5-2-6-10-12/h7-10H,1,3-6,11-12H2,2H3,(H,18,19);1-10H. The molecule has 0 unspecified atom stereocenters. The molecular formula is C29H32O5. The van der Waals surface area contributed by atoms with Crippen LogP contribution in [0, 0.1) is 0 Å². The van der Waals surface area contributed by atoms with E-state index in [4.69, 9.17) is 14.6 Å². The van der Waals surface area contributed by atoms with Crippen LogP contribution in [0.15, 0.2) is 97.1 Å². The first-order valence-corrected chi connectivity index (χ1v) is 11.4. The minimum Gasteiger partial charge on any atom is -0.494 e. The molecule has 5 nitrogen and oxygen atoms in total. The van der Waals surface area contributed by atoms with Gasteiger partial charge in [-0.3, -0.25) is 0 Å². The molecule has 0 atom stereocenters. The van der Waals surface area contributed by atoms with E-state index in [1.54, 1.807) is 19.1 Å². The fourth-order valence-electron chi connectivity index (χ4n) is 2.99. The Labute approximate surface area is 201 Å². The van der Waals surface area contributed by atoms with Crippen molar-refractivity contribution in [2.75, 3.05) is 13.2 Å². The highest BCUT2D eigenvalue weighted by Gasteiger charge is 2.03. The summed E-state index contributed by atoms with van der Waals surface area (Å²) in [5.74, 6) is -0.618. The molecule has 1 N–H and O–H groups in total. The number of carbonyl (C=O) groups is 2. The van der Waals surface area contributed by atoms with E-state index in [-0.39, 0.29) is 11.5 Å². The molecule has 3 aromatic carbocycles. The van der Waals surface area contributed by atoms with Crippen molar-refractivity contribution < 1.29 is 24.2 Å². The summed E-state index contributed by atoms with van der Waals surface area (Å²) in [6.45, 7) is 6.14. The van der Waals surface area contributed by atoms with E-state index in [0.717, 1.165) is 25.7 Å². The van der Waals surface area contributed by atoms with E-state index >= 15 is 0 Å². The summed E-state index contributed by atoms with van der Waals surface area (Å²) < 4.78 is 10.5. The number of benzene rings is 3. The van der Waals surface area contributed by atoms with Gasteiger partial charge in [-0.25, -0.2) is 9.59 Å². The zero-order chi connectivity index (χ0) is 24.6. The first-order valence-electron chi connectivity index (χ1n) is 11.4. The second-order valence-electron chi connectivity index (χ2n) is 7.74. The van der Waals surface area contributed by atoms with Crippen molar-refractivity contribution in [1.82, 2.24) is 0 Å². The molecule has 0 aromatic heterocycles. The monoisotopic (exact) mass is 460 g/mol. The number of aromatic carboxylic acids is 1. The molecule has 0 saturated heterocycles. The smallest absolute Gasteiger partial charge is 0.335 e. The van der Waals surface area contributed by atoms with Gasteiger partial charge in [-0.15, -0.1) is 0 Å². The zero-order valence-corrected chi connectivity index (χ0v) is 19.6. The number of esters is 1. The van der Waals surface area contributed by atoms with Crippen molar-refractivity contribution in [1.29, 1.82) is 0 Å². The highest BCUT2D eigenvalue weighted by molar-refractivity contribution is 5.87. The first kappa shape index (κ1) is 26.4. The Kier molecular flexibility index (Phi) is 11.7. The number of carbonyl (C=O) groups excluding carboxylic acids is 1. The van der Waals surface area contributed by atoms with Crippen LogP contribution in [0.25, 0.3) is 11.1 Å². The molecule has 0 heterocycles. The van der Waals surface area contributed by atoms with E-state index in [9.17, 15) is 9.59 Å². The van der Waals surface area contributed by atoms with Crippen molar-refractivity contribution in [2.45, 2.75) is 32.6 Å². The fraction of sp³-hybridized carbons (Fsp3) is 0.241. The SMILES string of the molecule is C=C(C)C(=O)OCCCCCCOc1ccc(C(=O)O)cc1.c1ccc(-c2ccccc2)cc1. The number of unbranched alkanes of at least 4 members (excludes halogenated alkanes) is 3. The number of carboxylic acid groups (broad SMARTS) is 1. The average Bonchev–Trinajstić information content (AvgIpc) is 2.87. The molecule has 3 aromatic rings. The average molecular weight is 461 g/mol. The molecule has 0 aliphatic rings. The molecule has 0 bridgehead atoms. The van der Waals surface area contributed by atoms with Crippen LogP contribution in [-0.4, -0.2) is 30.3 Å². The third-order valence-electron chi connectivity index (χ3n) is 4.87. The van der Waals surface area contributed by atoms with Gasteiger partial charge in [0.1, 0.15) is 5.75 Å². The van der Waals surface area contributed by atoms with Crippen molar-refractivity contribution in [3.8, 4) is 16.9 Å². The van der Waals surface area contributed by atoms with Gasteiger partial charge in [0.2, 0.25) is 0 Å². The predicted molar refractivity (Wildman–Crippen MR) is 135 cm³/mol. The van der Waals surface area contributed by atoms with Crippen molar-refractivity contribution in [3.63, 3.8) is 0 Å². The normalized spacial score (nSPS) is 9.91. The molecule has 178 valence electrons. The van der Waals surface area contributed by atoms with Crippen LogP contribution in [-0.2, 0) is 9.53 Å². The summed E-state index contributed by atoms with van der Waals surface area (Å²) in [5, 5.41) is 8.78. The van der Waals surface area contributed by atoms with Crippen LogP contribution < -0.4 is 4.74 Å². The molecule has 3 rings (SSSR count). The molecule has 0 saturated carbocycles. The van der Waals surface area contributed by atoms with Gasteiger partial charge in [0, 0.05) is 5.57 Å². The predicted octanol–water partition coefficient (Wildman–Crippen LogP) is 6.80. The molecule has 0 fully saturated rings. The highest BCUT2D eigenvalue weighted by Crippen LogP contribution is 2.17. The highest BCUT2D eigenvalue weighted by atomic mass is 16.5. The topological polar surface area (TPSA) is 72.8 Å².